The maximum absolute atomic E-state index is 13.9. The molecule has 0 heterocycles. The van der Waals surface area contributed by atoms with E-state index in [0.29, 0.717) is 26.0 Å². The Labute approximate surface area is 216 Å². The third-order valence-corrected chi connectivity index (χ3v) is 11.0. The Hall–Kier alpha value is -0.250. The van der Waals surface area contributed by atoms with Gasteiger partial charge in [-0.15, -0.1) is 0 Å². The predicted molar refractivity (Wildman–Crippen MR) is 143 cm³/mol. The average Bonchev–Trinajstić information content (AvgIpc) is 3.00. The Morgan fingerprint density at radius 3 is 2.06 bits per heavy atom. The van der Waals surface area contributed by atoms with Crippen LogP contribution in [0.4, 0.5) is 0 Å². The fourth-order valence-electron chi connectivity index (χ4n) is 5.82. The van der Waals surface area contributed by atoms with Gasteiger partial charge >= 0.3 is 0 Å². The van der Waals surface area contributed by atoms with Crippen molar-refractivity contribution in [1.29, 1.82) is 0 Å². The van der Waals surface area contributed by atoms with Crippen molar-refractivity contribution in [1.82, 2.24) is 4.31 Å². The van der Waals surface area contributed by atoms with Crippen LogP contribution in [0, 0.1) is 16.7 Å². The van der Waals surface area contributed by atoms with Crippen LogP contribution in [0.2, 0.25) is 0 Å². The molecule has 8 heteroatoms. The van der Waals surface area contributed by atoms with Gasteiger partial charge in [-0.1, -0.05) is 34.6 Å². The number of nitrogens with zero attached hydrogens (tertiary/aromatic N) is 1. The molecule has 1 rings (SSSR count). The lowest BCUT2D eigenvalue weighted by Crippen LogP contribution is -2.57. The molecule has 0 aliphatic heterocycles. The van der Waals surface area contributed by atoms with Crippen LogP contribution in [0.25, 0.3) is 0 Å². The molecule has 3 atom stereocenters. The Kier molecular flexibility index (Phi) is 10.9. The molecule has 1 saturated carbocycles. The number of sulfonamides is 1. The van der Waals surface area contributed by atoms with E-state index in [4.69, 9.17) is 9.47 Å². The second kappa shape index (κ2) is 11.6. The molecule has 0 aromatic rings. The molecule has 210 valence electrons. The minimum Gasteiger partial charge on any atom is -0.383 e. The molecule has 3 unspecified atom stereocenters. The Morgan fingerprint density at radius 1 is 1.06 bits per heavy atom. The largest absolute Gasteiger partial charge is 0.383 e. The minimum absolute atomic E-state index is 0.0341. The van der Waals surface area contributed by atoms with Gasteiger partial charge in [0.2, 0.25) is 10.0 Å². The SMILES string of the molecule is CCC(C)(COC)S(=O)(=O)N(CC(C)C)C(C)(C)CCOC(C)(C)CC1(C)CCC(C)(C(O)O)C1. The standard InChI is InChI=1S/C27H55NO6S/c1-12-27(10,20-33-11)35(31,32)28(17-21(2)3)23(4,5)15-16-34-24(6,7)18-25(8)13-14-26(9,19-25)22(29)30/h21-22,29-30H,12-20H2,1-11H3. The zero-order chi connectivity index (χ0) is 27.5. The lowest BCUT2D eigenvalue weighted by Gasteiger charge is -2.44. The van der Waals surface area contributed by atoms with Gasteiger partial charge in [0.05, 0.1) is 12.2 Å². The maximum Gasteiger partial charge on any atom is 0.222 e. The maximum atomic E-state index is 13.9. The first-order valence-corrected chi connectivity index (χ1v) is 14.6. The van der Waals surface area contributed by atoms with E-state index in [0.717, 1.165) is 25.7 Å². The molecule has 2 N–H and O–H groups in total. The summed E-state index contributed by atoms with van der Waals surface area (Å²) in [7, 11) is -2.09. The van der Waals surface area contributed by atoms with Gasteiger partial charge < -0.3 is 19.7 Å². The zero-order valence-corrected chi connectivity index (χ0v) is 25.2. The minimum atomic E-state index is -3.64. The van der Waals surface area contributed by atoms with E-state index in [-0.39, 0.29) is 17.9 Å². The molecule has 1 aliphatic carbocycles. The summed E-state index contributed by atoms with van der Waals surface area (Å²) < 4.78 is 40.1. The summed E-state index contributed by atoms with van der Waals surface area (Å²) in [6.45, 7) is 21.0. The van der Waals surface area contributed by atoms with Crippen LogP contribution >= 0.6 is 0 Å². The van der Waals surface area contributed by atoms with Crippen molar-refractivity contribution in [3.8, 4) is 0 Å². The third-order valence-electron chi connectivity index (χ3n) is 8.13. The molecule has 0 radical (unpaired) electrons. The molecular weight excluding hydrogens is 466 g/mol. The summed E-state index contributed by atoms with van der Waals surface area (Å²) in [6, 6.07) is 0. The van der Waals surface area contributed by atoms with Crippen molar-refractivity contribution in [3.63, 3.8) is 0 Å². The first kappa shape index (κ1) is 32.8. The van der Waals surface area contributed by atoms with Crippen molar-refractivity contribution < 1.29 is 28.1 Å². The molecule has 1 fully saturated rings. The van der Waals surface area contributed by atoms with Crippen LogP contribution in [-0.2, 0) is 19.5 Å². The van der Waals surface area contributed by atoms with Crippen LogP contribution < -0.4 is 0 Å². The summed E-state index contributed by atoms with van der Waals surface area (Å²) in [5, 5.41) is 19.6. The lowest BCUT2D eigenvalue weighted by molar-refractivity contribution is -0.131. The second-order valence-corrected chi connectivity index (χ2v) is 15.9. The van der Waals surface area contributed by atoms with E-state index in [1.54, 1.807) is 18.3 Å². The summed E-state index contributed by atoms with van der Waals surface area (Å²) in [4.78, 5) is 0. The van der Waals surface area contributed by atoms with Crippen LogP contribution in [0.3, 0.4) is 0 Å². The molecule has 0 amide bonds. The van der Waals surface area contributed by atoms with Crippen LogP contribution in [-0.4, -0.2) is 72.0 Å². The fraction of sp³-hybridized carbons (Fsp3) is 1.00. The summed E-state index contributed by atoms with van der Waals surface area (Å²) >= 11 is 0. The third kappa shape index (κ3) is 8.11. The highest BCUT2D eigenvalue weighted by molar-refractivity contribution is 7.90. The first-order chi connectivity index (χ1) is 15.7. The van der Waals surface area contributed by atoms with E-state index in [1.165, 1.54) is 0 Å². The van der Waals surface area contributed by atoms with E-state index >= 15 is 0 Å². The number of hydrogen-bond donors (Lipinski definition) is 2. The normalized spacial score (nSPS) is 26.2. The Balaban J connectivity index is 2.97. The summed E-state index contributed by atoms with van der Waals surface area (Å²) in [5.74, 6) is 0.184. The van der Waals surface area contributed by atoms with Gasteiger partial charge in [-0.3, -0.25) is 0 Å². The number of aliphatic hydroxyl groups excluding tert-OH is 1. The highest BCUT2D eigenvalue weighted by atomic mass is 32.2. The van der Waals surface area contributed by atoms with Gasteiger partial charge in [0, 0.05) is 31.2 Å². The molecule has 0 aromatic carbocycles. The summed E-state index contributed by atoms with van der Waals surface area (Å²) in [5.41, 5.74) is -1.55. The highest BCUT2D eigenvalue weighted by Gasteiger charge is 2.49. The molecular formula is C27H55NO6S. The van der Waals surface area contributed by atoms with E-state index < -0.39 is 37.6 Å². The quantitative estimate of drug-likeness (QED) is 0.296. The predicted octanol–water partition coefficient (Wildman–Crippen LogP) is 4.95. The summed E-state index contributed by atoms with van der Waals surface area (Å²) in [6.07, 6.45) is 2.98. The molecule has 35 heavy (non-hydrogen) atoms. The fourth-order valence-corrected chi connectivity index (χ4v) is 8.22. The van der Waals surface area contributed by atoms with E-state index in [2.05, 4.69) is 20.8 Å². The first-order valence-electron chi connectivity index (χ1n) is 13.2. The van der Waals surface area contributed by atoms with Crippen molar-refractivity contribution in [2.45, 2.75) is 130 Å². The lowest BCUT2D eigenvalue weighted by atomic mass is 9.75. The van der Waals surface area contributed by atoms with Gasteiger partial charge in [0.1, 0.15) is 4.75 Å². The number of rotatable bonds is 15. The topological polar surface area (TPSA) is 96.3 Å². The smallest absolute Gasteiger partial charge is 0.222 e. The van der Waals surface area contributed by atoms with Crippen LogP contribution in [0.5, 0.6) is 0 Å². The van der Waals surface area contributed by atoms with E-state index in [1.807, 2.05) is 41.5 Å². The highest BCUT2D eigenvalue weighted by Crippen LogP contribution is 2.54. The average molecular weight is 522 g/mol. The monoisotopic (exact) mass is 521 g/mol. The van der Waals surface area contributed by atoms with Gasteiger partial charge in [-0.05, 0) is 84.5 Å². The molecule has 0 aromatic heterocycles. The number of hydrogen-bond acceptors (Lipinski definition) is 6. The van der Waals surface area contributed by atoms with E-state index in [9.17, 15) is 18.6 Å². The molecule has 0 saturated heterocycles. The molecule has 0 spiro atoms. The molecule has 0 bridgehead atoms. The number of methoxy groups -OCH3 is 1. The van der Waals surface area contributed by atoms with Gasteiger partial charge in [0.15, 0.2) is 6.29 Å². The van der Waals surface area contributed by atoms with Gasteiger partial charge in [-0.2, -0.15) is 4.31 Å². The molecule has 1 aliphatic rings. The van der Waals surface area contributed by atoms with Gasteiger partial charge in [-0.25, -0.2) is 8.42 Å². The Morgan fingerprint density at radius 2 is 1.63 bits per heavy atom. The Bertz CT molecular complexity index is 781. The number of aliphatic hydroxyl groups is 2. The van der Waals surface area contributed by atoms with Crippen molar-refractivity contribution in [2.24, 2.45) is 16.7 Å². The molecule has 7 nitrogen and oxygen atoms in total. The second-order valence-electron chi connectivity index (χ2n) is 13.5. The van der Waals surface area contributed by atoms with Crippen molar-refractivity contribution in [3.05, 3.63) is 0 Å². The van der Waals surface area contributed by atoms with Crippen molar-refractivity contribution >= 4 is 10.0 Å². The zero-order valence-electron chi connectivity index (χ0n) is 24.4. The van der Waals surface area contributed by atoms with Crippen LogP contribution in [0.1, 0.15) is 108 Å². The number of ether oxygens (including phenoxy) is 2. The van der Waals surface area contributed by atoms with Crippen molar-refractivity contribution in [2.75, 3.05) is 26.9 Å². The van der Waals surface area contributed by atoms with Gasteiger partial charge in [0.25, 0.3) is 0 Å². The van der Waals surface area contributed by atoms with Crippen LogP contribution in [0.15, 0.2) is 0 Å².